The predicted octanol–water partition coefficient (Wildman–Crippen LogP) is 3.72. The van der Waals surface area contributed by atoms with Crippen LogP contribution in [0.2, 0.25) is 5.02 Å². The van der Waals surface area contributed by atoms with Gasteiger partial charge in [-0.05, 0) is 43.4 Å². The van der Waals surface area contributed by atoms with Gasteiger partial charge in [-0.25, -0.2) is 0 Å². The van der Waals surface area contributed by atoms with Crippen molar-refractivity contribution < 1.29 is 4.74 Å². The van der Waals surface area contributed by atoms with Crippen molar-refractivity contribution in [3.63, 3.8) is 0 Å². The molecule has 2 N–H and O–H groups in total. The van der Waals surface area contributed by atoms with Gasteiger partial charge in [0.15, 0.2) is 0 Å². The maximum absolute atomic E-state index is 6.34. The average Bonchev–Trinajstić information content (AvgIpc) is 2.36. The van der Waals surface area contributed by atoms with E-state index >= 15 is 0 Å². The Bertz CT molecular complexity index is 380. The molecule has 0 fully saturated rings. The van der Waals surface area contributed by atoms with E-state index in [0.29, 0.717) is 0 Å². The third kappa shape index (κ3) is 3.25. The van der Waals surface area contributed by atoms with Crippen LogP contribution in [0.1, 0.15) is 37.8 Å². The smallest absolute Gasteiger partial charge is 0.0826 e. The molecule has 1 aromatic carbocycles. The third-order valence-corrected chi connectivity index (χ3v) is 4.28. The fourth-order valence-electron chi connectivity index (χ4n) is 2.46. The first-order chi connectivity index (χ1) is 8.49. The quantitative estimate of drug-likeness (QED) is 0.854. The Balaban J connectivity index is 2.89. The zero-order valence-electron chi connectivity index (χ0n) is 11.8. The lowest BCUT2D eigenvalue weighted by atomic mass is 9.85. The summed E-state index contributed by atoms with van der Waals surface area (Å²) in [7, 11) is 1.74. The zero-order valence-corrected chi connectivity index (χ0v) is 12.6. The van der Waals surface area contributed by atoms with Crippen LogP contribution in [0.15, 0.2) is 18.2 Å². The number of aryl methyl sites for hydroxylation is 1. The summed E-state index contributed by atoms with van der Waals surface area (Å²) >= 11 is 6.26. The highest BCUT2D eigenvalue weighted by atomic mass is 35.5. The van der Waals surface area contributed by atoms with Crippen LogP contribution in [0.4, 0.5) is 0 Å². The lowest BCUT2D eigenvalue weighted by Crippen LogP contribution is -2.50. The molecule has 102 valence electrons. The number of methoxy groups -OCH3 is 1. The van der Waals surface area contributed by atoms with Gasteiger partial charge >= 0.3 is 0 Å². The molecule has 0 bridgehead atoms. The highest BCUT2D eigenvalue weighted by molar-refractivity contribution is 6.31. The molecule has 1 unspecified atom stereocenters. The molecule has 1 aromatic rings. The van der Waals surface area contributed by atoms with E-state index in [2.05, 4.69) is 26.0 Å². The Labute approximate surface area is 115 Å². The molecule has 0 radical (unpaired) electrons. The van der Waals surface area contributed by atoms with E-state index in [1.165, 1.54) is 5.56 Å². The van der Waals surface area contributed by atoms with Crippen LogP contribution in [0.5, 0.6) is 0 Å². The largest absolute Gasteiger partial charge is 0.377 e. The number of hydrogen-bond donors (Lipinski definition) is 1. The fourth-order valence-corrected chi connectivity index (χ4v) is 2.77. The van der Waals surface area contributed by atoms with Gasteiger partial charge in [-0.1, -0.05) is 37.6 Å². The van der Waals surface area contributed by atoms with E-state index in [4.69, 9.17) is 22.1 Å². The Morgan fingerprint density at radius 2 is 1.94 bits per heavy atom. The van der Waals surface area contributed by atoms with E-state index < -0.39 is 0 Å². The van der Waals surface area contributed by atoms with Crippen molar-refractivity contribution in [2.75, 3.05) is 7.11 Å². The lowest BCUT2D eigenvalue weighted by molar-refractivity contribution is -0.0374. The molecule has 2 nitrogen and oxygen atoms in total. The number of ether oxygens (including phenoxy) is 1. The van der Waals surface area contributed by atoms with Crippen LogP contribution >= 0.6 is 11.6 Å². The molecular weight excluding hydrogens is 246 g/mol. The molecule has 0 aliphatic carbocycles. The fraction of sp³-hybridized carbons (Fsp3) is 0.600. The van der Waals surface area contributed by atoms with Gasteiger partial charge in [0.05, 0.1) is 5.60 Å². The molecule has 0 aromatic heterocycles. The maximum Gasteiger partial charge on any atom is 0.0826 e. The van der Waals surface area contributed by atoms with Crippen LogP contribution in [0.3, 0.4) is 0 Å². The zero-order chi connectivity index (χ0) is 13.8. The standard InChI is InChI=1S/C15H24ClNO/c1-5-15(6-2,18-4)14(17)10-12-8-7-11(3)9-13(12)16/h7-9,14H,5-6,10,17H2,1-4H3. The summed E-state index contributed by atoms with van der Waals surface area (Å²) in [4.78, 5) is 0. The second kappa shape index (κ2) is 6.55. The first-order valence-corrected chi connectivity index (χ1v) is 6.92. The summed E-state index contributed by atoms with van der Waals surface area (Å²) < 4.78 is 5.67. The van der Waals surface area contributed by atoms with Gasteiger partial charge in [0, 0.05) is 18.2 Å². The van der Waals surface area contributed by atoms with Gasteiger partial charge in [-0.3, -0.25) is 0 Å². The Morgan fingerprint density at radius 1 is 1.33 bits per heavy atom. The van der Waals surface area contributed by atoms with Gasteiger partial charge in [-0.15, -0.1) is 0 Å². The van der Waals surface area contributed by atoms with Crippen LogP contribution in [0, 0.1) is 6.92 Å². The molecule has 0 aliphatic heterocycles. The van der Waals surface area contributed by atoms with Gasteiger partial charge in [0.2, 0.25) is 0 Å². The van der Waals surface area contributed by atoms with Crippen LogP contribution in [-0.2, 0) is 11.2 Å². The van der Waals surface area contributed by atoms with Crippen LogP contribution in [-0.4, -0.2) is 18.8 Å². The number of hydrogen-bond acceptors (Lipinski definition) is 2. The SMILES string of the molecule is CCC(CC)(OC)C(N)Cc1ccc(C)cc1Cl. The molecular formula is C15H24ClNO. The lowest BCUT2D eigenvalue weighted by Gasteiger charge is -2.36. The van der Waals surface area contributed by atoms with Crippen molar-refractivity contribution in [1.29, 1.82) is 0 Å². The van der Waals surface area contributed by atoms with E-state index in [-0.39, 0.29) is 11.6 Å². The summed E-state index contributed by atoms with van der Waals surface area (Å²) in [6.45, 7) is 6.26. The third-order valence-electron chi connectivity index (χ3n) is 3.93. The summed E-state index contributed by atoms with van der Waals surface area (Å²) in [5, 5.41) is 0.794. The van der Waals surface area contributed by atoms with Gasteiger partial charge in [-0.2, -0.15) is 0 Å². The minimum atomic E-state index is -0.256. The molecule has 0 saturated carbocycles. The van der Waals surface area contributed by atoms with Crippen molar-refractivity contribution in [3.05, 3.63) is 34.3 Å². The normalized spacial score (nSPS) is 13.7. The van der Waals surface area contributed by atoms with Crippen molar-refractivity contribution in [2.24, 2.45) is 5.73 Å². The van der Waals surface area contributed by atoms with E-state index in [1.807, 2.05) is 13.0 Å². The maximum atomic E-state index is 6.34. The molecule has 0 amide bonds. The number of benzene rings is 1. The number of halogens is 1. The average molecular weight is 270 g/mol. The first kappa shape index (κ1) is 15.5. The summed E-state index contributed by atoms with van der Waals surface area (Å²) in [5.41, 5.74) is 8.35. The van der Waals surface area contributed by atoms with Crippen LogP contribution in [0.25, 0.3) is 0 Å². The second-order valence-corrected chi connectivity index (χ2v) is 5.29. The summed E-state index contributed by atoms with van der Waals surface area (Å²) in [6, 6.07) is 6.07. The van der Waals surface area contributed by atoms with Gasteiger partial charge in [0.25, 0.3) is 0 Å². The molecule has 1 rings (SSSR count). The monoisotopic (exact) mass is 269 g/mol. The topological polar surface area (TPSA) is 35.2 Å². The van der Waals surface area contributed by atoms with Crippen molar-refractivity contribution in [2.45, 2.75) is 51.7 Å². The molecule has 1 atom stereocenters. The van der Waals surface area contributed by atoms with Crippen molar-refractivity contribution >= 4 is 11.6 Å². The highest BCUT2D eigenvalue weighted by Gasteiger charge is 2.33. The molecule has 0 spiro atoms. The molecule has 0 aliphatic rings. The van der Waals surface area contributed by atoms with Crippen molar-refractivity contribution in [1.82, 2.24) is 0 Å². The van der Waals surface area contributed by atoms with E-state index in [9.17, 15) is 0 Å². The Kier molecular flexibility index (Phi) is 5.64. The molecule has 3 heteroatoms. The molecule has 18 heavy (non-hydrogen) atoms. The number of nitrogens with two attached hydrogens (primary N) is 1. The predicted molar refractivity (Wildman–Crippen MR) is 78.2 cm³/mol. The Morgan fingerprint density at radius 3 is 2.39 bits per heavy atom. The van der Waals surface area contributed by atoms with E-state index in [0.717, 1.165) is 29.8 Å². The minimum absolute atomic E-state index is 0.0438. The highest BCUT2D eigenvalue weighted by Crippen LogP contribution is 2.27. The molecule has 0 saturated heterocycles. The summed E-state index contributed by atoms with van der Waals surface area (Å²) in [6.07, 6.45) is 2.56. The second-order valence-electron chi connectivity index (χ2n) is 4.88. The van der Waals surface area contributed by atoms with Crippen LogP contribution < -0.4 is 5.73 Å². The van der Waals surface area contributed by atoms with Crippen molar-refractivity contribution in [3.8, 4) is 0 Å². The van der Waals surface area contributed by atoms with E-state index in [1.54, 1.807) is 7.11 Å². The number of rotatable bonds is 6. The first-order valence-electron chi connectivity index (χ1n) is 6.54. The Hall–Kier alpha value is -0.570. The minimum Gasteiger partial charge on any atom is -0.377 e. The van der Waals surface area contributed by atoms with Gasteiger partial charge in [0.1, 0.15) is 0 Å². The summed E-state index contributed by atoms with van der Waals surface area (Å²) in [5.74, 6) is 0. The molecule has 0 heterocycles. The van der Waals surface area contributed by atoms with Gasteiger partial charge < -0.3 is 10.5 Å².